The van der Waals surface area contributed by atoms with E-state index < -0.39 is 0 Å². The molecule has 1 N–H and O–H groups in total. The van der Waals surface area contributed by atoms with Crippen molar-refractivity contribution in [3.8, 4) is 0 Å². The lowest BCUT2D eigenvalue weighted by Crippen LogP contribution is -2.55. The summed E-state index contributed by atoms with van der Waals surface area (Å²) in [6.07, 6.45) is 2.45. The van der Waals surface area contributed by atoms with Crippen molar-refractivity contribution in [3.63, 3.8) is 0 Å². The number of benzene rings is 1. The number of nitrogens with one attached hydrogen (secondary N) is 1. The molecular formula is C18H30N2. The number of hydrogen-bond donors (Lipinski definition) is 1. The summed E-state index contributed by atoms with van der Waals surface area (Å²) in [5, 5.41) is 3.68. The summed E-state index contributed by atoms with van der Waals surface area (Å²) in [5.74, 6) is 0. The highest BCUT2D eigenvalue weighted by Gasteiger charge is 2.26. The molecule has 2 heteroatoms. The van der Waals surface area contributed by atoms with E-state index in [4.69, 9.17) is 0 Å². The van der Waals surface area contributed by atoms with E-state index in [1.54, 1.807) is 0 Å². The lowest BCUT2D eigenvalue weighted by Gasteiger charge is -2.40. The molecule has 0 spiro atoms. The van der Waals surface area contributed by atoms with Crippen molar-refractivity contribution in [2.75, 3.05) is 13.1 Å². The molecule has 112 valence electrons. The first-order valence-electron chi connectivity index (χ1n) is 8.09. The van der Waals surface area contributed by atoms with Crippen molar-refractivity contribution >= 4 is 0 Å². The molecule has 1 fully saturated rings. The van der Waals surface area contributed by atoms with Crippen LogP contribution in [0.25, 0.3) is 0 Å². The van der Waals surface area contributed by atoms with Crippen LogP contribution in [0.4, 0.5) is 0 Å². The van der Waals surface area contributed by atoms with Crippen LogP contribution in [-0.2, 0) is 6.54 Å². The third kappa shape index (κ3) is 3.42. The maximum atomic E-state index is 3.68. The van der Waals surface area contributed by atoms with E-state index in [0.29, 0.717) is 12.1 Å². The SMILES string of the molecule is CCC1CN(Cc2c(C)cc(C)cc2C)C(CC)CN1. The van der Waals surface area contributed by atoms with E-state index in [-0.39, 0.29) is 0 Å². The highest BCUT2D eigenvalue weighted by molar-refractivity contribution is 5.37. The number of nitrogens with zero attached hydrogens (tertiary/aromatic N) is 1. The molecule has 0 saturated carbocycles. The number of hydrogen-bond acceptors (Lipinski definition) is 2. The molecule has 0 aromatic heterocycles. The van der Waals surface area contributed by atoms with Gasteiger partial charge in [-0.1, -0.05) is 31.5 Å². The van der Waals surface area contributed by atoms with Crippen molar-refractivity contribution in [2.24, 2.45) is 0 Å². The fourth-order valence-corrected chi connectivity index (χ4v) is 3.46. The van der Waals surface area contributed by atoms with Crippen molar-refractivity contribution in [2.45, 2.75) is 66.1 Å². The predicted octanol–water partition coefficient (Wildman–Crippen LogP) is 3.57. The summed E-state index contributed by atoms with van der Waals surface area (Å²) >= 11 is 0. The fourth-order valence-electron chi connectivity index (χ4n) is 3.46. The van der Waals surface area contributed by atoms with Crippen molar-refractivity contribution in [1.29, 1.82) is 0 Å². The summed E-state index contributed by atoms with van der Waals surface area (Å²) in [4.78, 5) is 2.69. The molecule has 0 aliphatic carbocycles. The highest BCUT2D eigenvalue weighted by Crippen LogP contribution is 2.22. The van der Waals surface area contributed by atoms with Gasteiger partial charge in [0, 0.05) is 31.7 Å². The first-order chi connectivity index (χ1) is 9.55. The second kappa shape index (κ2) is 6.73. The van der Waals surface area contributed by atoms with E-state index in [2.05, 4.69) is 57.0 Å². The second-order valence-corrected chi connectivity index (χ2v) is 6.38. The van der Waals surface area contributed by atoms with Gasteiger partial charge < -0.3 is 5.32 Å². The second-order valence-electron chi connectivity index (χ2n) is 6.38. The molecule has 1 aliphatic heterocycles. The maximum absolute atomic E-state index is 3.68. The van der Waals surface area contributed by atoms with Gasteiger partial charge in [-0.2, -0.15) is 0 Å². The maximum Gasteiger partial charge on any atom is 0.0243 e. The van der Waals surface area contributed by atoms with Gasteiger partial charge >= 0.3 is 0 Å². The molecule has 0 bridgehead atoms. The van der Waals surface area contributed by atoms with E-state index in [1.807, 2.05) is 0 Å². The Labute approximate surface area is 124 Å². The number of piperazine rings is 1. The number of aryl methyl sites for hydroxylation is 3. The van der Waals surface area contributed by atoms with Crippen LogP contribution in [0.3, 0.4) is 0 Å². The third-order valence-electron chi connectivity index (χ3n) is 4.78. The highest BCUT2D eigenvalue weighted by atomic mass is 15.2. The summed E-state index contributed by atoms with van der Waals surface area (Å²) < 4.78 is 0. The fraction of sp³-hybridized carbons (Fsp3) is 0.667. The minimum atomic E-state index is 0.656. The topological polar surface area (TPSA) is 15.3 Å². The Morgan fingerprint density at radius 3 is 2.30 bits per heavy atom. The zero-order valence-corrected chi connectivity index (χ0v) is 13.8. The average molecular weight is 274 g/mol. The molecule has 2 atom stereocenters. The Bertz CT molecular complexity index is 430. The van der Waals surface area contributed by atoms with Gasteiger partial charge in [0.25, 0.3) is 0 Å². The number of rotatable bonds is 4. The smallest absolute Gasteiger partial charge is 0.0243 e. The van der Waals surface area contributed by atoms with Crippen molar-refractivity contribution in [1.82, 2.24) is 10.2 Å². The minimum absolute atomic E-state index is 0.656. The molecule has 1 heterocycles. The molecule has 20 heavy (non-hydrogen) atoms. The predicted molar refractivity (Wildman–Crippen MR) is 87.2 cm³/mol. The van der Waals surface area contributed by atoms with Crippen LogP contribution in [-0.4, -0.2) is 30.1 Å². The van der Waals surface area contributed by atoms with Gasteiger partial charge in [0.1, 0.15) is 0 Å². The van der Waals surface area contributed by atoms with Crippen molar-refractivity contribution in [3.05, 3.63) is 34.4 Å². The molecule has 2 rings (SSSR count). The van der Waals surface area contributed by atoms with Crippen LogP contribution in [0.5, 0.6) is 0 Å². The van der Waals surface area contributed by atoms with Gasteiger partial charge in [0.05, 0.1) is 0 Å². The molecule has 1 aromatic carbocycles. The lowest BCUT2D eigenvalue weighted by atomic mass is 9.97. The summed E-state index contributed by atoms with van der Waals surface area (Å²) in [6.45, 7) is 14.7. The Hall–Kier alpha value is -0.860. The van der Waals surface area contributed by atoms with E-state index >= 15 is 0 Å². The molecule has 0 amide bonds. The third-order valence-corrected chi connectivity index (χ3v) is 4.78. The van der Waals surface area contributed by atoms with Gasteiger partial charge in [-0.15, -0.1) is 0 Å². The van der Waals surface area contributed by atoms with Crippen molar-refractivity contribution < 1.29 is 0 Å². The molecule has 2 nitrogen and oxygen atoms in total. The zero-order chi connectivity index (χ0) is 14.7. The molecule has 2 unspecified atom stereocenters. The monoisotopic (exact) mass is 274 g/mol. The first-order valence-corrected chi connectivity index (χ1v) is 8.09. The Morgan fingerprint density at radius 1 is 1.10 bits per heavy atom. The van der Waals surface area contributed by atoms with E-state index in [0.717, 1.165) is 13.1 Å². The standard InChI is InChI=1S/C18H30N2/c1-6-16-11-20(17(7-2)10-19-16)12-18-14(4)8-13(3)9-15(18)5/h8-9,16-17,19H,6-7,10-12H2,1-5H3. The van der Waals surface area contributed by atoms with Crippen LogP contribution in [0.15, 0.2) is 12.1 Å². The van der Waals surface area contributed by atoms with Gasteiger partial charge in [0.2, 0.25) is 0 Å². The van der Waals surface area contributed by atoms with Crippen LogP contribution >= 0.6 is 0 Å². The average Bonchev–Trinajstić information content (AvgIpc) is 2.42. The molecule has 1 aliphatic rings. The lowest BCUT2D eigenvalue weighted by molar-refractivity contribution is 0.117. The summed E-state index contributed by atoms with van der Waals surface area (Å²) in [6, 6.07) is 5.98. The van der Waals surface area contributed by atoms with Crippen LogP contribution in [0.2, 0.25) is 0 Å². The largest absolute Gasteiger partial charge is 0.311 e. The van der Waals surface area contributed by atoms with Gasteiger partial charge in [0.15, 0.2) is 0 Å². The quantitative estimate of drug-likeness (QED) is 0.903. The van der Waals surface area contributed by atoms with Gasteiger partial charge in [-0.25, -0.2) is 0 Å². The van der Waals surface area contributed by atoms with E-state index in [1.165, 1.54) is 41.6 Å². The molecule has 1 aromatic rings. The molecule has 0 radical (unpaired) electrons. The normalized spacial score (nSPS) is 24.1. The summed E-state index contributed by atoms with van der Waals surface area (Å²) in [5.41, 5.74) is 5.81. The zero-order valence-electron chi connectivity index (χ0n) is 13.8. The van der Waals surface area contributed by atoms with Crippen LogP contribution < -0.4 is 5.32 Å². The Morgan fingerprint density at radius 2 is 1.75 bits per heavy atom. The van der Waals surface area contributed by atoms with Crippen LogP contribution in [0, 0.1) is 20.8 Å². The van der Waals surface area contributed by atoms with Gasteiger partial charge in [-0.3, -0.25) is 4.90 Å². The van der Waals surface area contributed by atoms with Crippen LogP contribution in [0.1, 0.15) is 48.9 Å². The first kappa shape index (κ1) is 15.5. The minimum Gasteiger partial charge on any atom is -0.311 e. The Balaban J connectivity index is 2.18. The van der Waals surface area contributed by atoms with E-state index in [9.17, 15) is 0 Å². The molecular weight excluding hydrogens is 244 g/mol. The summed E-state index contributed by atoms with van der Waals surface area (Å²) in [7, 11) is 0. The van der Waals surface area contributed by atoms with Gasteiger partial charge in [-0.05, 0) is 50.3 Å². The molecule has 1 saturated heterocycles. The Kier molecular flexibility index (Phi) is 5.22.